The zero-order valence-corrected chi connectivity index (χ0v) is 18.9. The van der Waals surface area contributed by atoms with E-state index in [0.717, 1.165) is 53.5 Å². The van der Waals surface area contributed by atoms with Gasteiger partial charge >= 0.3 is 0 Å². The van der Waals surface area contributed by atoms with Gasteiger partial charge in [-0.2, -0.15) is 0 Å². The van der Waals surface area contributed by atoms with Gasteiger partial charge in [-0.3, -0.25) is 4.79 Å². The molecule has 1 saturated carbocycles. The van der Waals surface area contributed by atoms with Crippen molar-refractivity contribution in [3.63, 3.8) is 0 Å². The normalized spacial score (nSPS) is 22.2. The lowest BCUT2D eigenvalue weighted by atomic mass is 9.98. The highest BCUT2D eigenvalue weighted by Crippen LogP contribution is 2.36. The summed E-state index contributed by atoms with van der Waals surface area (Å²) in [6.45, 7) is 2.47. The number of halogens is 2. The van der Waals surface area contributed by atoms with Crippen LogP contribution in [0.15, 0.2) is 18.2 Å². The first-order valence-corrected chi connectivity index (χ1v) is 11.8. The summed E-state index contributed by atoms with van der Waals surface area (Å²) in [5.41, 5.74) is 1.91. The fourth-order valence-electron chi connectivity index (χ4n) is 4.83. The molecule has 1 saturated heterocycles. The molecule has 1 aromatic heterocycles. The van der Waals surface area contributed by atoms with Gasteiger partial charge in [0.2, 0.25) is 5.91 Å². The van der Waals surface area contributed by atoms with Gasteiger partial charge < -0.3 is 15.0 Å². The van der Waals surface area contributed by atoms with Gasteiger partial charge in [0.15, 0.2) is 5.82 Å². The second-order valence-electron chi connectivity index (χ2n) is 8.66. The molecule has 164 valence electrons. The molecule has 31 heavy (non-hydrogen) atoms. The largest absolute Gasteiger partial charge is 0.381 e. The fraction of sp³-hybridized carbons (Fsp3) is 0.522. The van der Waals surface area contributed by atoms with Crippen LogP contribution in [-0.4, -0.2) is 53.3 Å². The highest BCUT2D eigenvalue weighted by atomic mass is 35.5. The Labute approximate surface area is 191 Å². The number of anilines is 1. The molecule has 1 aliphatic carbocycles. The number of rotatable bonds is 4. The second-order valence-corrected chi connectivity index (χ2v) is 9.47. The highest BCUT2D eigenvalue weighted by Gasteiger charge is 2.29. The van der Waals surface area contributed by atoms with Crippen molar-refractivity contribution in [3.8, 4) is 0 Å². The minimum absolute atomic E-state index is 0.00235. The lowest BCUT2D eigenvalue weighted by Gasteiger charge is -2.28. The number of benzene rings is 1. The summed E-state index contributed by atoms with van der Waals surface area (Å²) in [6, 6.07) is 4.19. The summed E-state index contributed by atoms with van der Waals surface area (Å²) in [5, 5.41) is 15.6. The third-order valence-electron chi connectivity index (χ3n) is 6.62. The molecule has 2 fully saturated rings. The van der Waals surface area contributed by atoms with Gasteiger partial charge in [0.1, 0.15) is 0 Å². The van der Waals surface area contributed by atoms with E-state index in [9.17, 15) is 4.79 Å². The molecule has 6 nitrogen and oxygen atoms in total. The first-order valence-electron chi connectivity index (χ1n) is 11.1. The van der Waals surface area contributed by atoms with Crippen LogP contribution in [0.25, 0.3) is 16.3 Å². The predicted octanol–water partition coefficient (Wildman–Crippen LogP) is 4.94. The molecule has 0 radical (unpaired) electrons. The molecule has 2 aliphatic heterocycles. The molecule has 5 rings (SSSR count). The molecule has 1 aromatic carbocycles. The van der Waals surface area contributed by atoms with E-state index in [2.05, 4.69) is 21.6 Å². The average Bonchev–Trinajstić information content (AvgIpc) is 3.49. The quantitative estimate of drug-likeness (QED) is 0.699. The van der Waals surface area contributed by atoms with E-state index in [4.69, 9.17) is 27.9 Å². The molecular weight excluding hydrogens is 435 g/mol. The van der Waals surface area contributed by atoms with Gasteiger partial charge in [0, 0.05) is 36.5 Å². The van der Waals surface area contributed by atoms with Crippen molar-refractivity contribution < 1.29 is 9.53 Å². The Kier molecular flexibility index (Phi) is 6.04. The van der Waals surface area contributed by atoms with Crippen molar-refractivity contribution in [1.82, 2.24) is 15.1 Å². The molecule has 2 aromatic rings. The van der Waals surface area contributed by atoms with Crippen LogP contribution < -0.4 is 5.32 Å². The maximum Gasteiger partial charge on any atom is 0.228 e. The fourth-order valence-corrected chi connectivity index (χ4v) is 5.15. The predicted molar refractivity (Wildman–Crippen MR) is 124 cm³/mol. The smallest absolute Gasteiger partial charge is 0.228 e. The summed E-state index contributed by atoms with van der Waals surface area (Å²) in [4.78, 5) is 14.6. The van der Waals surface area contributed by atoms with Crippen LogP contribution in [0.1, 0.15) is 44.2 Å². The minimum atomic E-state index is -0.00235. The highest BCUT2D eigenvalue weighted by molar-refractivity contribution is 6.43. The van der Waals surface area contributed by atoms with Gasteiger partial charge in [-0.1, -0.05) is 42.1 Å². The standard InChI is InChI=1S/C23H26Cl2N4O2/c24-19-11-17-18(12-20(19)25)22(26-16-3-1-2-4-16)28-27-21(17)14-5-8-29(9-6-14)23(30)15-7-10-31-13-15/h5,11-12,15-16H,1-4,6-10,13H2,(H,26,28). The molecule has 1 N–H and O–H groups in total. The number of nitrogens with zero attached hydrogens (tertiary/aromatic N) is 3. The molecule has 1 atom stereocenters. The number of hydrogen-bond acceptors (Lipinski definition) is 5. The van der Waals surface area contributed by atoms with E-state index < -0.39 is 0 Å². The number of nitrogens with one attached hydrogen (secondary N) is 1. The van der Waals surface area contributed by atoms with E-state index in [1.807, 2.05) is 17.0 Å². The second kappa shape index (κ2) is 8.93. The van der Waals surface area contributed by atoms with Crippen LogP contribution in [0.2, 0.25) is 10.0 Å². The van der Waals surface area contributed by atoms with Crippen LogP contribution >= 0.6 is 23.2 Å². The average molecular weight is 461 g/mol. The number of hydrogen-bond donors (Lipinski definition) is 1. The van der Waals surface area contributed by atoms with Gasteiger partial charge in [-0.25, -0.2) is 0 Å². The van der Waals surface area contributed by atoms with E-state index >= 15 is 0 Å². The SMILES string of the molecule is O=C(C1CCOC1)N1CC=C(c2nnc(NC3CCCC3)c3cc(Cl)c(Cl)cc23)CC1. The van der Waals surface area contributed by atoms with Crippen LogP contribution in [-0.2, 0) is 9.53 Å². The molecule has 1 amide bonds. The van der Waals surface area contributed by atoms with Crippen molar-refractivity contribution in [3.05, 3.63) is 33.9 Å². The molecule has 1 unspecified atom stereocenters. The monoisotopic (exact) mass is 460 g/mol. The number of amides is 1. The minimum Gasteiger partial charge on any atom is -0.381 e. The van der Waals surface area contributed by atoms with E-state index in [1.165, 1.54) is 12.8 Å². The van der Waals surface area contributed by atoms with Crippen molar-refractivity contribution in [1.29, 1.82) is 0 Å². The Morgan fingerprint density at radius 1 is 1.10 bits per heavy atom. The van der Waals surface area contributed by atoms with Gasteiger partial charge in [0.25, 0.3) is 0 Å². The van der Waals surface area contributed by atoms with Crippen molar-refractivity contribution in [2.24, 2.45) is 5.92 Å². The number of carbonyl (C=O) groups is 1. The molecule has 0 spiro atoms. The van der Waals surface area contributed by atoms with Crippen LogP contribution in [0.5, 0.6) is 0 Å². The Balaban J connectivity index is 1.44. The zero-order valence-electron chi connectivity index (χ0n) is 17.4. The van der Waals surface area contributed by atoms with E-state index in [0.29, 0.717) is 42.4 Å². The molecular formula is C23H26Cl2N4O2. The maximum atomic E-state index is 12.7. The Morgan fingerprint density at radius 2 is 1.87 bits per heavy atom. The van der Waals surface area contributed by atoms with Crippen molar-refractivity contribution >= 4 is 51.3 Å². The topological polar surface area (TPSA) is 67.3 Å². The summed E-state index contributed by atoms with van der Waals surface area (Å²) in [5.74, 6) is 0.950. The zero-order chi connectivity index (χ0) is 21.4. The van der Waals surface area contributed by atoms with Gasteiger partial charge in [0.05, 0.1) is 28.3 Å². The molecule has 3 heterocycles. The lowest BCUT2D eigenvalue weighted by Crippen LogP contribution is -2.39. The Bertz CT molecular complexity index is 1030. The molecule has 3 aliphatic rings. The van der Waals surface area contributed by atoms with Crippen molar-refractivity contribution in [2.45, 2.75) is 44.6 Å². The Hall–Kier alpha value is -1.89. The van der Waals surface area contributed by atoms with Crippen molar-refractivity contribution in [2.75, 3.05) is 31.6 Å². The lowest BCUT2D eigenvalue weighted by molar-refractivity contribution is -0.135. The first-order chi connectivity index (χ1) is 15.1. The van der Waals surface area contributed by atoms with Gasteiger partial charge in [-0.05, 0) is 43.4 Å². The molecule has 8 heteroatoms. The summed E-state index contributed by atoms with van der Waals surface area (Å²) < 4.78 is 5.38. The number of fused-ring (bicyclic) bond motifs is 1. The summed E-state index contributed by atoms with van der Waals surface area (Å²) in [6.07, 6.45) is 8.41. The van der Waals surface area contributed by atoms with Gasteiger partial charge in [-0.15, -0.1) is 10.2 Å². The first kappa shape index (κ1) is 21.0. The number of aromatic nitrogens is 2. The van der Waals surface area contributed by atoms with E-state index in [1.54, 1.807) is 0 Å². The summed E-state index contributed by atoms with van der Waals surface area (Å²) >= 11 is 12.7. The third-order valence-corrected chi connectivity index (χ3v) is 7.34. The number of ether oxygens (including phenoxy) is 1. The van der Waals surface area contributed by atoms with Crippen LogP contribution in [0.4, 0.5) is 5.82 Å². The van der Waals surface area contributed by atoms with Crippen LogP contribution in [0.3, 0.4) is 0 Å². The Morgan fingerprint density at radius 3 is 2.55 bits per heavy atom. The third kappa shape index (κ3) is 4.26. The number of carbonyl (C=O) groups excluding carboxylic acids is 1. The molecule has 0 bridgehead atoms. The van der Waals surface area contributed by atoms with E-state index in [-0.39, 0.29) is 11.8 Å². The maximum absolute atomic E-state index is 12.7. The van der Waals surface area contributed by atoms with Crippen LogP contribution in [0, 0.1) is 5.92 Å². The summed E-state index contributed by atoms with van der Waals surface area (Å²) in [7, 11) is 0.